The standard InChI is InChI=1S/C14H15BrN4O/c1-2-7-16-13(20)10-8-17-14(18-9-10)19-12-6-4-3-5-11(12)15/h3-6,8-9H,2,7H2,1H3,(H,16,20)(H,17,18,19). The second kappa shape index (κ2) is 7.00. The molecule has 2 N–H and O–H groups in total. The number of carbonyl (C=O) groups excluding carboxylic acids is 1. The number of nitrogens with zero attached hydrogens (tertiary/aromatic N) is 2. The highest BCUT2D eigenvalue weighted by Crippen LogP contribution is 2.23. The predicted molar refractivity (Wildman–Crippen MR) is 82.1 cm³/mol. The van der Waals surface area contributed by atoms with E-state index >= 15 is 0 Å². The zero-order valence-corrected chi connectivity index (χ0v) is 12.6. The fourth-order valence-electron chi connectivity index (χ4n) is 1.53. The highest BCUT2D eigenvalue weighted by atomic mass is 79.9. The van der Waals surface area contributed by atoms with Crippen molar-refractivity contribution in [1.82, 2.24) is 15.3 Å². The highest BCUT2D eigenvalue weighted by Gasteiger charge is 2.07. The zero-order chi connectivity index (χ0) is 14.4. The van der Waals surface area contributed by atoms with Crippen LogP contribution in [0.5, 0.6) is 0 Å². The van der Waals surface area contributed by atoms with Gasteiger partial charge in [-0.05, 0) is 34.5 Å². The normalized spacial score (nSPS) is 10.1. The van der Waals surface area contributed by atoms with Crippen molar-refractivity contribution in [2.75, 3.05) is 11.9 Å². The lowest BCUT2D eigenvalue weighted by Gasteiger charge is -2.07. The Kier molecular flexibility index (Phi) is 5.06. The number of para-hydroxylation sites is 1. The van der Waals surface area contributed by atoms with E-state index in [9.17, 15) is 4.79 Å². The van der Waals surface area contributed by atoms with Crippen LogP contribution in [0.1, 0.15) is 23.7 Å². The number of benzene rings is 1. The minimum atomic E-state index is -0.153. The lowest BCUT2D eigenvalue weighted by Crippen LogP contribution is -2.24. The number of nitrogens with one attached hydrogen (secondary N) is 2. The van der Waals surface area contributed by atoms with Gasteiger partial charge >= 0.3 is 0 Å². The molecule has 0 aliphatic carbocycles. The van der Waals surface area contributed by atoms with Crippen molar-refractivity contribution in [3.05, 3.63) is 46.7 Å². The maximum atomic E-state index is 11.7. The van der Waals surface area contributed by atoms with E-state index < -0.39 is 0 Å². The number of hydrogen-bond donors (Lipinski definition) is 2. The topological polar surface area (TPSA) is 66.9 Å². The average molecular weight is 335 g/mol. The third kappa shape index (κ3) is 3.77. The van der Waals surface area contributed by atoms with Crippen molar-refractivity contribution in [1.29, 1.82) is 0 Å². The Labute approximate surface area is 126 Å². The Morgan fingerprint density at radius 2 is 1.95 bits per heavy atom. The number of rotatable bonds is 5. The number of carbonyl (C=O) groups is 1. The summed E-state index contributed by atoms with van der Waals surface area (Å²) in [4.78, 5) is 20.0. The quantitative estimate of drug-likeness (QED) is 0.881. The fraction of sp³-hybridized carbons (Fsp3) is 0.214. The Hall–Kier alpha value is -1.95. The van der Waals surface area contributed by atoms with Crippen LogP contribution in [0.3, 0.4) is 0 Å². The lowest BCUT2D eigenvalue weighted by molar-refractivity contribution is 0.0953. The molecular formula is C14H15BrN4O. The molecule has 5 nitrogen and oxygen atoms in total. The summed E-state index contributed by atoms with van der Waals surface area (Å²) in [6.07, 6.45) is 3.92. The van der Waals surface area contributed by atoms with Crippen LogP contribution < -0.4 is 10.6 Å². The number of hydrogen-bond acceptors (Lipinski definition) is 4. The molecule has 0 atom stereocenters. The summed E-state index contributed by atoms with van der Waals surface area (Å²) in [7, 11) is 0. The van der Waals surface area contributed by atoms with Crippen LogP contribution in [0.4, 0.5) is 11.6 Å². The Morgan fingerprint density at radius 3 is 2.60 bits per heavy atom. The summed E-state index contributed by atoms with van der Waals surface area (Å²) in [5, 5.41) is 5.86. The molecule has 0 aliphatic heterocycles. The van der Waals surface area contributed by atoms with E-state index in [0.717, 1.165) is 16.6 Å². The van der Waals surface area contributed by atoms with Crippen molar-refractivity contribution >= 4 is 33.5 Å². The van der Waals surface area contributed by atoms with Crippen molar-refractivity contribution in [3.8, 4) is 0 Å². The van der Waals surface area contributed by atoms with Gasteiger partial charge in [0, 0.05) is 23.4 Å². The molecule has 0 unspecified atom stereocenters. The predicted octanol–water partition coefficient (Wildman–Crippen LogP) is 3.12. The Bertz CT molecular complexity index is 586. The molecule has 0 fully saturated rings. The molecule has 2 aromatic rings. The van der Waals surface area contributed by atoms with Gasteiger partial charge in [-0.15, -0.1) is 0 Å². The van der Waals surface area contributed by atoms with Gasteiger partial charge in [-0.25, -0.2) is 9.97 Å². The highest BCUT2D eigenvalue weighted by molar-refractivity contribution is 9.10. The van der Waals surface area contributed by atoms with Gasteiger partial charge in [0.05, 0.1) is 11.3 Å². The van der Waals surface area contributed by atoms with E-state index in [1.54, 1.807) is 0 Å². The molecule has 1 aromatic carbocycles. The van der Waals surface area contributed by atoms with Crippen LogP contribution in [-0.4, -0.2) is 22.4 Å². The Morgan fingerprint density at radius 1 is 1.25 bits per heavy atom. The number of halogens is 1. The van der Waals surface area contributed by atoms with Crippen molar-refractivity contribution in [3.63, 3.8) is 0 Å². The first kappa shape index (κ1) is 14.5. The van der Waals surface area contributed by atoms with Crippen LogP contribution in [0, 0.1) is 0 Å². The van der Waals surface area contributed by atoms with Gasteiger partial charge in [0.1, 0.15) is 0 Å². The number of anilines is 2. The minimum absolute atomic E-state index is 0.153. The first-order valence-electron chi connectivity index (χ1n) is 6.32. The van der Waals surface area contributed by atoms with Gasteiger partial charge in [-0.2, -0.15) is 0 Å². The molecule has 0 saturated heterocycles. The molecule has 2 rings (SSSR count). The van der Waals surface area contributed by atoms with Crippen LogP contribution in [0.2, 0.25) is 0 Å². The third-order valence-corrected chi connectivity index (χ3v) is 3.26. The monoisotopic (exact) mass is 334 g/mol. The van der Waals surface area contributed by atoms with Gasteiger partial charge in [0.25, 0.3) is 5.91 Å². The van der Waals surface area contributed by atoms with E-state index in [1.807, 2.05) is 31.2 Å². The Balaban J connectivity index is 2.05. The molecule has 1 amide bonds. The van der Waals surface area contributed by atoms with Crippen molar-refractivity contribution in [2.45, 2.75) is 13.3 Å². The maximum Gasteiger partial charge on any atom is 0.254 e. The number of amides is 1. The SMILES string of the molecule is CCCNC(=O)c1cnc(Nc2ccccc2Br)nc1. The summed E-state index contributed by atoms with van der Waals surface area (Å²) in [6.45, 7) is 2.65. The summed E-state index contributed by atoms with van der Waals surface area (Å²) in [5.41, 5.74) is 1.33. The molecule has 0 radical (unpaired) electrons. The second-order valence-corrected chi connectivity index (χ2v) is 5.01. The summed E-state index contributed by atoms with van der Waals surface area (Å²) < 4.78 is 0.924. The molecule has 0 bridgehead atoms. The van der Waals surface area contributed by atoms with Gasteiger partial charge < -0.3 is 10.6 Å². The number of aromatic nitrogens is 2. The first-order valence-corrected chi connectivity index (χ1v) is 7.12. The van der Waals surface area contributed by atoms with E-state index in [1.165, 1.54) is 12.4 Å². The minimum Gasteiger partial charge on any atom is -0.352 e. The molecule has 0 spiro atoms. The second-order valence-electron chi connectivity index (χ2n) is 4.16. The lowest BCUT2D eigenvalue weighted by atomic mass is 10.3. The molecule has 1 heterocycles. The van der Waals surface area contributed by atoms with E-state index in [2.05, 4.69) is 36.5 Å². The van der Waals surface area contributed by atoms with Crippen molar-refractivity contribution < 1.29 is 4.79 Å². The largest absolute Gasteiger partial charge is 0.352 e. The molecule has 6 heteroatoms. The van der Waals surface area contributed by atoms with E-state index in [4.69, 9.17) is 0 Å². The molecule has 104 valence electrons. The van der Waals surface area contributed by atoms with Crippen LogP contribution in [0.25, 0.3) is 0 Å². The van der Waals surface area contributed by atoms with Gasteiger partial charge in [0.2, 0.25) is 5.95 Å². The maximum absolute atomic E-state index is 11.7. The molecule has 0 saturated carbocycles. The fourth-order valence-corrected chi connectivity index (χ4v) is 1.92. The molecule has 20 heavy (non-hydrogen) atoms. The van der Waals surface area contributed by atoms with E-state index in [-0.39, 0.29) is 5.91 Å². The summed E-state index contributed by atoms with van der Waals surface area (Å²) in [5.74, 6) is 0.295. The zero-order valence-electron chi connectivity index (χ0n) is 11.1. The molecule has 1 aromatic heterocycles. The van der Waals surface area contributed by atoms with Gasteiger partial charge in [-0.3, -0.25) is 4.79 Å². The van der Waals surface area contributed by atoms with Crippen molar-refractivity contribution in [2.24, 2.45) is 0 Å². The summed E-state index contributed by atoms with van der Waals surface area (Å²) >= 11 is 3.44. The molecular weight excluding hydrogens is 320 g/mol. The van der Waals surface area contributed by atoms with Crippen LogP contribution in [-0.2, 0) is 0 Å². The van der Waals surface area contributed by atoms with E-state index in [0.29, 0.717) is 18.1 Å². The van der Waals surface area contributed by atoms with Gasteiger partial charge in [-0.1, -0.05) is 19.1 Å². The third-order valence-electron chi connectivity index (χ3n) is 2.57. The smallest absolute Gasteiger partial charge is 0.254 e. The first-order chi connectivity index (χ1) is 9.70. The average Bonchev–Trinajstić information content (AvgIpc) is 2.48. The van der Waals surface area contributed by atoms with Crippen LogP contribution in [0.15, 0.2) is 41.1 Å². The summed E-state index contributed by atoms with van der Waals surface area (Å²) in [6, 6.07) is 7.68. The molecule has 0 aliphatic rings. The van der Waals surface area contributed by atoms with Gasteiger partial charge in [0.15, 0.2) is 0 Å². The van der Waals surface area contributed by atoms with Crippen LogP contribution >= 0.6 is 15.9 Å².